The van der Waals surface area contributed by atoms with Crippen molar-refractivity contribution < 1.29 is 23.9 Å². The lowest BCUT2D eigenvalue weighted by atomic mass is 10.0. The molecule has 7 nitrogen and oxygen atoms in total. The second-order valence-electron chi connectivity index (χ2n) is 7.64. The van der Waals surface area contributed by atoms with E-state index in [4.69, 9.17) is 0 Å². The third kappa shape index (κ3) is 3.71. The molecule has 30 heavy (non-hydrogen) atoms. The number of aliphatic hydroxyl groups excluding tert-OH is 1. The minimum absolute atomic E-state index is 0.220. The van der Waals surface area contributed by atoms with Crippen LogP contribution in [-0.2, 0) is 16.1 Å². The molecule has 0 bridgehead atoms. The smallest absolute Gasteiger partial charge is 0.251 e. The molecule has 2 aliphatic rings. The highest BCUT2D eigenvalue weighted by Crippen LogP contribution is 2.35. The van der Waals surface area contributed by atoms with E-state index in [0.29, 0.717) is 23.1 Å². The fourth-order valence-corrected chi connectivity index (χ4v) is 4.06. The number of nitrogens with one attached hydrogen (secondary N) is 2. The van der Waals surface area contributed by atoms with Crippen molar-refractivity contribution in [1.82, 2.24) is 15.5 Å². The van der Waals surface area contributed by atoms with E-state index in [1.54, 1.807) is 48.2 Å². The number of hydrogen-bond acceptors (Lipinski definition) is 5. The van der Waals surface area contributed by atoms with E-state index in [1.807, 2.05) is 0 Å². The van der Waals surface area contributed by atoms with Gasteiger partial charge < -0.3 is 10.4 Å². The van der Waals surface area contributed by atoms with Crippen LogP contribution >= 0.6 is 0 Å². The Hall–Kier alpha value is -3.10. The van der Waals surface area contributed by atoms with Crippen LogP contribution in [0, 0.1) is 5.82 Å². The number of piperidine rings is 1. The zero-order valence-corrected chi connectivity index (χ0v) is 16.4. The summed E-state index contributed by atoms with van der Waals surface area (Å²) in [5, 5.41) is 15.7. The van der Waals surface area contributed by atoms with Crippen molar-refractivity contribution in [2.45, 2.75) is 44.6 Å². The number of benzene rings is 2. The van der Waals surface area contributed by atoms with Gasteiger partial charge in [0.25, 0.3) is 5.91 Å². The molecule has 1 fully saturated rings. The van der Waals surface area contributed by atoms with Crippen molar-refractivity contribution >= 4 is 17.7 Å². The summed E-state index contributed by atoms with van der Waals surface area (Å²) in [5.41, 5.74) is 2.14. The molecule has 1 saturated heterocycles. The number of rotatable bonds is 4. The summed E-state index contributed by atoms with van der Waals surface area (Å²) < 4.78 is 14.0. The molecule has 156 valence electrons. The van der Waals surface area contributed by atoms with E-state index in [0.717, 1.165) is 5.56 Å². The van der Waals surface area contributed by atoms with E-state index >= 15 is 0 Å². The third-order valence-electron chi connectivity index (χ3n) is 5.68. The lowest BCUT2D eigenvalue weighted by Crippen LogP contribution is -2.51. The van der Waals surface area contributed by atoms with Crippen LogP contribution < -0.4 is 10.6 Å². The third-order valence-corrected chi connectivity index (χ3v) is 5.68. The zero-order valence-electron chi connectivity index (χ0n) is 16.4. The second kappa shape index (κ2) is 7.97. The summed E-state index contributed by atoms with van der Waals surface area (Å²) in [6.07, 6.45) is -0.431. The van der Waals surface area contributed by atoms with Gasteiger partial charge in [0.1, 0.15) is 12.0 Å². The summed E-state index contributed by atoms with van der Waals surface area (Å²) in [4.78, 5) is 37.9. The van der Waals surface area contributed by atoms with Crippen molar-refractivity contribution in [2.24, 2.45) is 0 Å². The standard InChI is InChI=1S/C22H22FN3O4/c1-12(15-4-2-3-5-17(15)23)24-20(28)13-6-7-16-14(10-13)11-26(22(16)30)18-8-9-19(27)25-21(18)29/h2-7,10,12,18,22,30H,8-9,11H2,1H3,(H,24,28)(H,25,27,29)/t12-,18?,22?/m0/s1. The predicted molar refractivity (Wildman–Crippen MR) is 105 cm³/mol. The Labute approximate surface area is 172 Å². The number of nitrogens with zero attached hydrogens (tertiary/aromatic N) is 1. The first kappa shape index (κ1) is 20.2. The van der Waals surface area contributed by atoms with Gasteiger partial charge in [-0.2, -0.15) is 0 Å². The van der Waals surface area contributed by atoms with Gasteiger partial charge in [-0.3, -0.25) is 24.6 Å². The molecule has 2 aromatic carbocycles. The van der Waals surface area contributed by atoms with Gasteiger partial charge in [0.2, 0.25) is 11.8 Å². The highest BCUT2D eigenvalue weighted by Gasteiger charge is 2.39. The number of imide groups is 1. The first-order valence-electron chi connectivity index (χ1n) is 9.80. The molecule has 2 heterocycles. The molecule has 2 unspecified atom stereocenters. The van der Waals surface area contributed by atoms with E-state index in [1.165, 1.54) is 6.07 Å². The van der Waals surface area contributed by atoms with Gasteiger partial charge in [0.15, 0.2) is 0 Å². The van der Waals surface area contributed by atoms with E-state index in [2.05, 4.69) is 10.6 Å². The van der Waals surface area contributed by atoms with Crippen LogP contribution in [0.5, 0.6) is 0 Å². The molecular formula is C22H22FN3O4. The summed E-state index contributed by atoms with van der Waals surface area (Å²) >= 11 is 0. The van der Waals surface area contributed by atoms with Gasteiger partial charge in [-0.1, -0.05) is 24.3 Å². The van der Waals surface area contributed by atoms with Gasteiger partial charge in [-0.25, -0.2) is 4.39 Å². The maximum Gasteiger partial charge on any atom is 0.251 e. The highest BCUT2D eigenvalue weighted by atomic mass is 19.1. The lowest BCUT2D eigenvalue weighted by Gasteiger charge is -2.31. The van der Waals surface area contributed by atoms with Crippen LogP contribution in [0.25, 0.3) is 0 Å². The SMILES string of the molecule is C[C@H](NC(=O)c1ccc2c(c1)CN(C1CCC(=O)NC1=O)C2O)c1ccccc1F. The average molecular weight is 411 g/mol. The van der Waals surface area contributed by atoms with Crippen LogP contribution in [0.4, 0.5) is 4.39 Å². The van der Waals surface area contributed by atoms with Crippen molar-refractivity contribution in [3.05, 3.63) is 70.5 Å². The van der Waals surface area contributed by atoms with Crippen LogP contribution in [0.2, 0.25) is 0 Å². The second-order valence-corrected chi connectivity index (χ2v) is 7.64. The molecule has 8 heteroatoms. The topological polar surface area (TPSA) is 98.7 Å². The van der Waals surface area contributed by atoms with Gasteiger partial charge in [0.05, 0.1) is 12.1 Å². The largest absolute Gasteiger partial charge is 0.374 e. The van der Waals surface area contributed by atoms with E-state index in [-0.39, 0.29) is 30.6 Å². The number of carbonyl (C=O) groups excluding carboxylic acids is 3. The Kier molecular flexibility index (Phi) is 5.36. The maximum absolute atomic E-state index is 14.0. The van der Waals surface area contributed by atoms with Crippen molar-refractivity contribution in [2.75, 3.05) is 0 Å². The Morgan fingerprint density at radius 2 is 2.03 bits per heavy atom. The molecule has 0 aromatic heterocycles. The number of amides is 3. The normalized spacial score (nSPS) is 22.4. The lowest BCUT2D eigenvalue weighted by molar-refractivity contribution is -0.141. The van der Waals surface area contributed by atoms with Gasteiger partial charge in [-0.05, 0) is 42.7 Å². The molecule has 0 saturated carbocycles. The van der Waals surface area contributed by atoms with Crippen LogP contribution in [0.1, 0.15) is 59.1 Å². The fourth-order valence-electron chi connectivity index (χ4n) is 4.06. The Balaban J connectivity index is 1.49. The Morgan fingerprint density at radius 3 is 2.77 bits per heavy atom. The van der Waals surface area contributed by atoms with Crippen molar-refractivity contribution in [1.29, 1.82) is 0 Å². The summed E-state index contributed by atoms with van der Waals surface area (Å²) in [7, 11) is 0. The quantitative estimate of drug-likeness (QED) is 0.668. The van der Waals surface area contributed by atoms with Crippen molar-refractivity contribution in [3.8, 4) is 0 Å². The van der Waals surface area contributed by atoms with E-state index in [9.17, 15) is 23.9 Å². The predicted octanol–water partition coefficient (Wildman–Crippen LogP) is 1.93. The van der Waals surface area contributed by atoms with Crippen molar-refractivity contribution in [3.63, 3.8) is 0 Å². The van der Waals surface area contributed by atoms with Crippen LogP contribution in [0.15, 0.2) is 42.5 Å². The molecule has 2 aromatic rings. The number of hydrogen-bond donors (Lipinski definition) is 3. The van der Waals surface area contributed by atoms with E-state index < -0.39 is 24.2 Å². The summed E-state index contributed by atoms with van der Waals surface area (Å²) in [6.45, 7) is 1.99. The minimum atomic E-state index is -0.988. The summed E-state index contributed by atoms with van der Waals surface area (Å²) in [6, 6.07) is 10.1. The van der Waals surface area contributed by atoms with Crippen LogP contribution in [-0.4, -0.2) is 33.8 Å². The number of carbonyl (C=O) groups is 3. The zero-order chi connectivity index (χ0) is 21.4. The number of aliphatic hydroxyl groups is 1. The van der Waals surface area contributed by atoms with Crippen LogP contribution in [0.3, 0.4) is 0 Å². The molecule has 3 N–H and O–H groups in total. The molecule has 3 atom stereocenters. The molecule has 0 radical (unpaired) electrons. The fraction of sp³-hybridized carbons (Fsp3) is 0.318. The van der Waals surface area contributed by atoms with Gasteiger partial charge in [-0.15, -0.1) is 0 Å². The Bertz CT molecular complexity index is 1030. The number of fused-ring (bicyclic) bond motifs is 1. The number of halogens is 1. The average Bonchev–Trinajstić information content (AvgIpc) is 3.04. The minimum Gasteiger partial charge on any atom is -0.374 e. The maximum atomic E-state index is 14.0. The highest BCUT2D eigenvalue weighted by molar-refractivity contribution is 6.00. The molecular weight excluding hydrogens is 389 g/mol. The Morgan fingerprint density at radius 1 is 1.27 bits per heavy atom. The van der Waals surface area contributed by atoms with Gasteiger partial charge >= 0.3 is 0 Å². The van der Waals surface area contributed by atoms with Gasteiger partial charge in [0, 0.05) is 24.1 Å². The molecule has 0 spiro atoms. The molecule has 4 rings (SSSR count). The molecule has 3 amide bonds. The molecule has 2 aliphatic heterocycles. The summed E-state index contributed by atoms with van der Waals surface area (Å²) in [5.74, 6) is -1.48. The first-order valence-corrected chi connectivity index (χ1v) is 9.80. The first-order chi connectivity index (χ1) is 14.3. The monoisotopic (exact) mass is 411 g/mol. The molecule has 0 aliphatic carbocycles.